The Morgan fingerprint density at radius 3 is 2.47 bits per heavy atom. The summed E-state index contributed by atoms with van der Waals surface area (Å²) in [5, 5.41) is 4.36. The number of hydrogen-bond donors (Lipinski definition) is 0. The molecule has 0 unspecified atom stereocenters. The summed E-state index contributed by atoms with van der Waals surface area (Å²) in [7, 11) is 0. The largest absolute Gasteiger partial charge is 0.416 e. The lowest BCUT2D eigenvalue weighted by molar-refractivity contribution is -0.137. The third-order valence-electron chi connectivity index (χ3n) is 4.37. The van der Waals surface area contributed by atoms with Crippen LogP contribution in [0.3, 0.4) is 0 Å². The summed E-state index contributed by atoms with van der Waals surface area (Å²) >= 11 is 0. The first kappa shape index (κ1) is 19.5. The SMILES string of the molecule is O=c1c2ccccc2nc(-c2cccc(C(F)(F)F)c2)n1N=Cc1cccc(F)c1. The average molecular weight is 411 g/mol. The lowest BCUT2D eigenvalue weighted by atomic mass is 10.1. The molecule has 0 bridgehead atoms. The van der Waals surface area contributed by atoms with Crippen LogP contribution in [-0.2, 0) is 6.18 Å². The predicted molar refractivity (Wildman–Crippen MR) is 106 cm³/mol. The standard InChI is InChI=1S/C22H13F4N3O/c23-17-8-3-5-14(11-17)13-27-29-20(15-6-4-7-16(12-15)22(24,25)26)28-19-10-2-1-9-18(19)21(29)30/h1-13H. The smallest absolute Gasteiger partial charge is 0.267 e. The first-order valence-corrected chi connectivity index (χ1v) is 8.82. The van der Waals surface area contributed by atoms with Crippen molar-refractivity contribution in [2.45, 2.75) is 6.18 Å². The molecule has 4 rings (SSSR count). The summed E-state index contributed by atoms with van der Waals surface area (Å²) < 4.78 is 53.9. The highest BCUT2D eigenvalue weighted by atomic mass is 19.4. The van der Waals surface area contributed by atoms with Crippen LogP contribution >= 0.6 is 0 Å². The summed E-state index contributed by atoms with van der Waals surface area (Å²) in [6.07, 6.45) is -3.30. The molecule has 150 valence electrons. The van der Waals surface area contributed by atoms with Crippen molar-refractivity contribution < 1.29 is 17.6 Å². The van der Waals surface area contributed by atoms with Gasteiger partial charge in [-0.3, -0.25) is 4.79 Å². The molecule has 0 aliphatic carbocycles. The van der Waals surface area contributed by atoms with E-state index in [-0.39, 0.29) is 16.8 Å². The van der Waals surface area contributed by atoms with E-state index in [1.165, 1.54) is 36.5 Å². The summed E-state index contributed by atoms with van der Waals surface area (Å²) in [6, 6.07) is 16.5. The van der Waals surface area contributed by atoms with Gasteiger partial charge in [0.2, 0.25) is 0 Å². The van der Waals surface area contributed by atoms with Gasteiger partial charge >= 0.3 is 6.18 Å². The first-order chi connectivity index (χ1) is 14.3. The van der Waals surface area contributed by atoms with Gasteiger partial charge in [-0.1, -0.05) is 36.4 Å². The number of para-hydroxylation sites is 1. The van der Waals surface area contributed by atoms with Crippen molar-refractivity contribution in [3.8, 4) is 11.4 Å². The van der Waals surface area contributed by atoms with Gasteiger partial charge < -0.3 is 0 Å². The maximum Gasteiger partial charge on any atom is 0.416 e. The Hall–Kier alpha value is -3.81. The number of benzene rings is 3. The number of rotatable bonds is 3. The second-order valence-corrected chi connectivity index (χ2v) is 6.45. The molecular formula is C22H13F4N3O. The monoisotopic (exact) mass is 411 g/mol. The van der Waals surface area contributed by atoms with E-state index in [1.54, 1.807) is 30.3 Å². The normalized spacial score (nSPS) is 12.0. The molecule has 1 aromatic heterocycles. The van der Waals surface area contributed by atoms with Crippen molar-refractivity contribution in [2.75, 3.05) is 0 Å². The van der Waals surface area contributed by atoms with Gasteiger partial charge in [-0.25, -0.2) is 9.37 Å². The fraction of sp³-hybridized carbons (Fsp3) is 0.0455. The highest BCUT2D eigenvalue weighted by Gasteiger charge is 2.30. The number of hydrogen-bond acceptors (Lipinski definition) is 3. The van der Waals surface area contributed by atoms with Gasteiger partial charge in [-0.15, -0.1) is 0 Å². The third kappa shape index (κ3) is 3.84. The maximum atomic E-state index is 13.4. The van der Waals surface area contributed by atoms with E-state index in [1.807, 2.05) is 0 Å². The Kier molecular flexibility index (Phi) is 4.91. The zero-order valence-electron chi connectivity index (χ0n) is 15.3. The summed E-state index contributed by atoms with van der Waals surface area (Å²) in [4.78, 5) is 17.4. The zero-order valence-corrected chi connectivity index (χ0v) is 15.3. The van der Waals surface area contributed by atoms with E-state index in [9.17, 15) is 22.4 Å². The van der Waals surface area contributed by atoms with Crippen LogP contribution in [0.5, 0.6) is 0 Å². The van der Waals surface area contributed by atoms with Crippen LogP contribution in [0.15, 0.2) is 82.7 Å². The topological polar surface area (TPSA) is 47.2 Å². The first-order valence-electron chi connectivity index (χ1n) is 8.82. The van der Waals surface area contributed by atoms with E-state index in [0.29, 0.717) is 11.1 Å². The fourth-order valence-electron chi connectivity index (χ4n) is 2.96. The summed E-state index contributed by atoms with van der Waals surface area (Å²) in [6.45, 7) is 0. The molecule has 1 heterocycles. The number of aromatic nitrogens is 2. The molecule has 0 radical (unpaired) electrons. The van der Waals surface area contributed by atoms with Crippen molar-refractivity contribution in [3.63, 3.8) is 0 Å². The van der Waals surface area contributed by atoms with E-state index >= 15 is 0 Å². The number of alkyl halides is 3. The van der Waals surface area contributed by atoms with Gasteiger partial charge in [0.1, 0.15) is 5.82 Å². The van der Waals surface area contributed by atoms with Gasteiger partial charge in [0.15, 0.2) is 5.82 Å². The molecule has 0 fully saturated rings. The van der Waals surface area contributed by atoms with E-state index in [4.69, 9.17) is 0 Å². The van der Waals surface area contributed by atoms with Crippen molar-refractivity contribution in [1.29, 1.82) is 0 Å². The lowest BCUT2D eigenvalue weighted by Gasteiger charge is -2.12. The van der Waals surface area contributed by atoms with Gasteiger partial charge in [0.25, 0.3) is 5.56 Å². The molecule has 4 aromatic rings. The molecule has 8 heteroatoms. The van der Waals surface area contributed by atoms with Crippen LogP contribution in [0.2, 0.25) is 0 Å². The highest BCUT2D eigenvalue weighted by molar-refractivity contribution is 5.82. The van der Waals surface area contributed by atoms with Crippen LogP contribution in [0.1, 0.15) is 11.1 Å². The van der Waals surface area contributed by atoms with Crippen molar-refractivity contribution in [2.24, 2.45) is 5.10 Å². The molecule has 0 spiro atoms. The molecule has 3 aromatic carbocycles. The van der Waals surface area contributed by atoms with Crippen LogP contribution in [0.25, 0.3) is 22.3 Å². The summed E-state index contributed by atoms with van der Waals surface area (Å²) in [5.41, 5.74) is -0.648. The minimum Gasteiger partial charge on any atom is -0.267 e. The molecule has 0 aliphatic heterocycles. The second-order valence-electron chi connectivity index (χ2n) is 6.45. The minimum absolute atomic E-state index is 0.0579. The van der Waals surface area contributed by atoms with Crippen molar-refractivity contribution >= 4 is 17.1 Å². The van der Waals surface area contributed by atoms with Gasteiger partial charge in [0.05, 0.1) is 22.7 Å². The van der Waals surface area contributed by atoms with Gasteiger partial charge in [-0.2, -0.15) is 22.9 Å². The molecular weight excluding hydrogens is 398 g/mol. The number of halogens is 4. The Balaban J connectivity index is 1.95. The molecule has 0 saturated heterocycles. The van der Waals surface area contributed by atoms with Crippen LogP contribution in [-0.4, -0.2) is 15.9 Å². The molecule has 4 nitrogen and oxygen atoms in total. The Labute approximate surface area is 167 Å². The van der Waals surface area contributed by atoms with Crippen molar-refractivity contribution in [3.05, 3.63) is 100 Å². The predicted octanol–water partition coefficient (Wildman–Crippen LogP) is 5.10. The van der Waals surface area contributed by atoms with E-state index in [2.05, 4.69) is 10.1 Å². The third-order valence-corrected chi connectivity index (χ3v) is 4.37. The van der Waals surface area contributed by atoms with Crippen LogP contribution in [0, 0.1) is 5.82 Å². The minimum atomic E-state index is -4.55. The Morgan fingerprint density at radius 2 is 1.70 bits per heavy atom. The second kappa shape index (κ2) is 7.55. The van der Waals surface area contributed by atoms with Crippen LogP contribution < -0.4 is 5.56 Å². The van der Waals surface area contributed by atoms with Gasteiger partial charge in [-0.05, 0) is 42.0 Å². The molecule has 0 saturated carbocycles. The molecule has 30 heavy (non-hydrogen) atoms. The molecule has 0 aliphatic rings. The van der Waals surface area contributed by atoms with E-state index in [0.717, 1.165) is 16.8 Å². The maximum absolute atomic E-state index is 13.4. The lowest BCUT2D eigenvalue weighted by Crippen LogP contribution is -2.20. The Bertz CT molecular complexity index is 1330. The molecule has 0 amide bonds. The van der Waals surface area contributed by atoms with E-state index < -0.39 is 23.1 Å². The quantitative estimate of drug-likeness (QED) is 0.348. The summed E-state index contributed by atoms with van der Waals surface area (Å²) in [5.74, 6) is -0.543. The number of fused-ring (bicyclic) bond motifs is 1. The average Bonchev–Trinajstić information content (AvgIpc) is 2.72. The highest BCUT2D eigenvalue weighted by Crippen LogP contribution is 2.31. The molecule has 0 atom stereocenters. The Morgan fingerprint density at radius 1 is 0.933 bits per heavy atom. The zero-order chi connectivity index (χ0) is 21.3. The molecule has 0 N–H and O–H groups in total. The number of nitrogens with zero attached hydrogens (tertiary/aromatic N) is 3. The van der Waals surface area contributed by atoms with Gasteiger partial charge in [0, 0.05) is 5.56 Å². The fourth-order valence-corrected chi connectivity index (χ4v) is 2.96. The van der Waals surface area contributed by atoms with Crippen molar-refractivity contribution in [1.82, 2.24) is 9.66 Å². The van der Waals surface area contributed by atoms with Crippen LogP contribution in [0.4, 0.5) is 17.6 Å².